The molecule has 1 atom stereocenters. The van der Waals surface area contributed by atoms with Crippen molar-refractivity contribution in [2.24, 2.45) is 5.92 Å². The van der Waals surface area contributed by atoms with Crippen LogP contribution in [-0.4, -0.2) is 11.6 Å². The van der Waals surface area contributed by atoms with Crippen LogP contribution in [0.1, 0.15) is 44.9 Å². The molecule has 2 aromatic rings. The zero-order valence-corrected chi connectivity index (χ0v) is 11.4. The highest BCUT2D eigenvalue weighted by atomic mass is 16.3. The number of benzene rings is 1. The van der Waals surface area contributed by atoms with Gasteiger partial charge in [0.1, 0.15) is 5.76 Å². The van der Waals surface area contributed by atoms with E-state index in [1.54, 1.807) is 13.0 Å². The molecule has 20 heavy (non-hydrogen) atoms. The number of Topliss-reactive ketones (excluding diaryl/α,β-unsaturated/α-hetero) is 2. The fraction of sp³-hybridized carbons (Fsp3) is 0.294. The first kappa shape index (κ1) is 12.9. The number of hydrogen-bond donors (Lipinski definition) is 0. The van der Waals surface area contributed by atoms with Gasteiger partial charge in [-0.25, -0.2) is 0 Å². The SMILES string of the molecule is Cc1occc1C(=O)C1CCCc2ccccc2C1=O. The molecule has 1 aromatic heterocycles. The molecule has 0 bridgehead atoms. The Morgan fingerprint density at radius 2 is 2.05 bits per heavy atom. The minimum absolute atomic E-state index is 0.0521. The normalized spacial score (nSPS) is 18.4. The summed E-state index contributed by atoms with van der Waals surface area (Å²) < 4.78 is 5.18. The van der Waals surface area contributed by atoms with Crippen molar-refractivity contribution in [2.75, 3.05) is 0 Å². The maximum Gasteiger partial charge on any atom is 0.177 e. The monoisotopic (exact) mass is 268 g/mol. The van der Waals surface area contributed by atoms with Crippen LogP contribution in [0, 0.1) is 12.8 Å². The van der Waals surface area contributed by atoms with Gasteiger partial charge in [0.2, 0.25) is 0 Å². The van der Waals surface area contributed by atoms with Crippen molar-refractivity contribution in [3.63, 3.8) is 0 Å². The van der Waals surface area contributed by atoms with Crippen LogP contribution in [0.3, 0.4) is 0 Å². The molecule has 1 aliphatic carbocycles. The smallest absolute Gasteiger partial charge is 0.177 e. The molecule has 0 fully saturated rings. The fourth-order valence-corrected chi connectivity index (χ4v) is 2.87. The summed E-state index contributed by atoms with van der Waals surface area (Å²) in [6.45, 7) is 1.75. The van der Waals surface area contributed by atoms with Crippen LogP contribution in [-0.2, 0) is 6.42 Å². The van der Waals surface area contributed by atoms with Gasteiger partial charge in [-0.1, -0.05) is 24.3 Å². The molecule has 0 aliphatic heterocycles. The molecule has 3 rings (SSSR count). The van der Waals surface area contributed by atoms with Crippen molar-refractivity contribution in [3.8, 4) is 0 Å². The minimum atomic E-state index is -0.574. The summed E-state index contributed by atoms with van der Waals surface area (Å²) in [6, 6.07) is 9.25. The third-order valence-electron chi connectivity index (χ3n) is 3.98. The van der Waals surface area contributed by atoms with Crippen LogP contribution in [0.15, 0.2) is 41.0 Å². The van der Waals surface area contributed by atoms with Gasteiger partial charge in [-0.15, -0.1) is 0 Å². The van der Waals surface area contributed by atoms with Crippen molar-refractivity contribution < 1.29 is 14.0 Å². The Morgan fingerprint density at radius 1 is 1.25 bits per heavy atom. The molecule has 3 heteroatoms. The highest BCUT2D eigenvalue weighted by molar-refractivity contribution is 6.17. The van der Waals surface area contributed by atoms with Crippen LogP contribution in [0.4, 0.5) is 0 Å². The summed E-state index contributed by atoms with van der Waals surface area (Å²) in [6.07, 6.45) is 3.82. The van der Waals surface area contributed by atoms with Gasteiger partial charge in [0.05, 0.1) is 17.7 Å². The van der Waals surface area contributed by atoms with E-state index >= 15 is 0 Å². The van der Waals surface area contributed by atoms with E-state index < -0.39 is 5.92 Å². The summed E-state index contributed by atoms with van der Waals surface area (Å²) in [7, 11) is 0. The summed E-state index contributed by atoms with van der Waals surface area (Å²) in [5.41, 5.74) is 2.28. The number of furan rings is 1. The number of carbonyl (C=O) groups is 2. The van der Waals surface area contributed by atoms with Crippen LogP contribution in [0.2, 0.25) is 0 Å². The number of ketones is 2. The third kappa shape index (κ3) is 2.09. The highest BCUT2D eigenvalue weighted by Crippen LogP contribution is 2.28. The second kappa shape index (κ2) is 5.08. The molecule has 0 saturated heterocycles. The Bertz CT molecular complexity index is 666. The Labute approximate surface area is 117 Å². The quantitative estimate of drug-likeness (QED) is 0.475. The van der Waals surface area contributed by atoms with E-state index in [0.29, 0.717) is 23.3 Å². The first-order valence-corrected chi connectivity index (χ1v) is 6.89. The average Bonchev–Trinajstić information content (AvgIpc) is 2.81. The second-order valence-electron chi connectivity index (χ2n) is 5.22. The van der Waals surface area contributed by atoms with E-state index in [1.165, 1.54) is 6.26 Å². The van der Waals surface area contributed by atoms with Crippen molar-refractivity contribution >= 4 is 11.6 Å². The third-order valence-corrected chi connectivity index (χ3v) is 3.98. The van der Waals surface area contributed by atoms with E-state index in [9.17, 15) is 9.59 Å². The van der Waals surface area contributed by atoms with Gasteiger partial charge < -0.3 is 4.42 Å². The van der Waals surface area contributed by atoms with Gasteiger partial charge in [0.15, 0.2) is 11.6 Å². The minimum Gasteiger partial charge on any atom is -0.469 e. The first-order valence-electron chi connectivity index (χ1n) is 6.89. The molecule has 1 aliphatic rings. The maximum absolute atomic E-state index is 12.6. The number of carbonyl (C=O) groups excluding carboxylic acids is 2. The Balaban J connectivity index is 1.97. The topological polar surface area (TPSA) is 47.3 Å². The van der Waals surface area contributed by atoms with Crippen LogP contribution in [0.25, 0.3) is 0 Å². The molecule has 0 amide bonds. The van der Waals surface area contributed by atoms with Crippen LogP contribution < -0.4 is 0 Å². The van der Waals surface area contributed by atoms with E-state index in [2.05, 4.69) is 0 Å². The average molecular weight is 268 g/mol. The number of hydrogen-bond acceptors (Lipinski definition) is 3. The van der Waals surface area contributed by atoms with Crippen molar-refractivity contribution in [2.45, 2.75) is 26.2 Å². The lowest BCUT2D eigenvalue weighted by Crippen LogP contribution is -2.24. The molecular formula is C17H16O3. The predicted octanol–water partition coefficient (Wildman–Crippen LogP) is 3.61. The van der Waals surface area contributed by atoms with Gasteiger partial charge in [0.25, 0.3) is 0 Å². The summed E-state index contributed by atoms with van der Waals surface area (Å²) in [5.74, 6) is -0.156. The van der Waals surface area contributed by atoms with E-state index in [-0.39, 0.29) is 11.6 Å². The molecule has 102 valence electrons. The molecule has 1 unspecified atom stereocenters. The van der Waals surface area contributed by atoms with Crippen molar-refractivity contribution in [1.82, 2.24) is 0 Å². The Kier molecular flexibility index (Phi) is 3.26. The second-order valence-corrected chi connectivity index (χ2v) is 5.22. The summed E-state index contributed by atoms with van der Waals surface area (Å²) in [5, 5.41) is 0. The Hall–Kier alpha value is -2.16. The van der Waals surface area contributed by atoms with Gasteiger partial charge in [0, 0.05) is 5.56 Å². The molecule has 1 aromatic carbocycles. The molecular weight excluding hydrogens is 252 g/mol. The van der Waals surface area contributed by atoms with Gasteiger partial charge >= 0.3 is 0 Å². The van der Waals surface area contributed by atoms with Gasteiger partial charge in [-0.3, -0.25) is 9.59 Å². The largest absolute Gasteiger partial charge is 0.469 e. The Morgan fingerprint density at radius 3 is 2.80 bits per heavy atom. The van der Waals surface area contributed by atoms with Crippen molar-refractivity contribution in [3.05, 3.63) is 59.0 Å². The van der Waals surface area contributed by atoms with E-state index in [4.69, 9.17) is 4.42 Å². The summed E-state index contributed by atoms with van der Waals surface area (Å²) in [4.78, 5) is 25.2. The molecule has 1 heterocycles. The first-order chi connectivity index (χ1) is 9.68. The molecule has 0 radical (unpaired) electrons. The van der Waals surface area contributed by atoms with Gasteiger partial charge in [-0.2, -0.15) is 0 Å². The molecule has 3 nitrogen and oxygen atoms in total. The molecule has 0 N–H and O–H groups in total. The zero-order chi connectivity index (χ0) is 14.1. The molecule has 0 saturated carbocycles. The fourth-order valence-electron chi connectivity index (χ4n) is 2.87. The number of aryl methyl sites for hydroxylation is 2. The number of rotatable bonds is 2. The van der Waals surface area contributed by atoms with Crippen molar-refractivity contribution in [1.29, 1.82) is 0 Å². The lowest BCUT2D eigenvalue weighted by Gasteiger charge is -2.12. The van der Waals surface area contributed by atoms with E-state index in [0.717, 1.165) is 18.4 Å². The highest BCUT2D eigenvalue weighted by Gasteiger charge is 2.32. The van der Waals surface area contributed by atoms with E-state index in [1.807, 2.05) is 24.3 Å². The van der Waals surface area contributed by atoms with Gasteiger partial charge in [-0.05, 0) is 37.8 Å². The van der Waals surface area contributed by atoms with Crippen LogP contribution >= 0.6 is 0 Å². The van der Waals surface area contributed by atoms with Crippen LogP contribution in [0.5, 0.6) is 0 Å². The predicted molar refractivity (Wildman–Crippen MR) is 75.0 cm³/mol. The zero-order valence-electron chi connectivity index (χ0n) is 11.4. The molecule has 0 spiro atoms. The number of fused-ring (bicyclic) bond motifs is 1. The summed E-state index contributed by atoms with van der Waals surface area (Å²) >= 11 is 0. The maximum atomic E-state index is 12.6. The lowest BCUT2D eigenvalue weighted by atomic mass is 9.88. The standard InChI is InChI=1S/C17H16O3/c1-11-13(9-10-20-11)16(18)15-8-4-6-12-5-2-3-7-14(12)17(15)19/h2-3,5,7,9-10,15H,4,6,8H2,1H3. The lowest BCUT2D eigenvalue weighted by molar-refractivity contribution is 0.0801.